The molecule has 2 aliphatic heterocycles. The molecule has 0 bridgehead atoms. The third-order valence-electron chi connectivity index (χ3n) is 3.81. The van der Waals surface area contributed by atoms with E-state index >= 15 is 0 Å². The van der Waals surface area contributed by atoms with Crippen molar-refractivity contribution >= 4 is 11.4 Å². The fraction of sp³-hybridized carbons (Fsp3) is 0.571. The lowest BCUT2D eigenvalue weighted by atomic mass is 10.0. The van der Waals surface area contributed by atoms with E-state index < -0.39 is 0 Å². The summed E-state index contributed by atoms with van der Waals surface area (Å²) in [4.78, 5) is 2.47. The number of piperazine rings is 1. The summed E-state index contributed by atoms with van der Waals surface area (Å²) < 4.78 is 5.78. The maximum absolute atomic E-state index is 5.78. The van der Waals surface area contributed by atoms with E-state index in [0.717, 1.165) is 45.1 Å². The van der Waals surface area contributed by atoms with Crippen LogP contribution >= 0.6 is 0 Å². The van der Waals surface area contributed by atoms with Crippen molar-refractivity contribution in [1.82, 2.24) is 5.32 Å². The van der Waals surface area contributed by atoms with E-state index in [1.165, 1.54) is 22.5 Å². The fourth-order valence-corrected chi connectivity index (χ4v) is 2.84. The Bertz CT molecular complexity index is 453. The predicted octanol–water partition coefficient (Wildman–Crippen LogP) is 1.52. The van der Waals surface area contributed by atoms with Gasteiger partial charge in [0.2, 0.25) is 0 Å². The van der Waals surface area contributed by atoms with Crippen molar-refractivity contribution in [1.29, 1.82) is 0 Å². The molecule has 0 aromatic heterocycles. The van der Waals surface area contributed by atoms with Crippen LogP contribution in [0.2, 0.25) is 0 Å². The van der Waals surface area contributed by atoms with Gasteiger partial charge in [-0.1, -0.05) is 0 Å². The predicted molar refractivity (Wildman–Crippen MR) is 75.0 cm³/mol. The average molecular weight is 247 g/mol. The summed E-state index contributed by atoms with van der Waals surface area (Å²) in [6, 6.07) is 2.27. The Hall–Kier alpha value is -1.42. The van der Waals surface area contributed by atoms with Crippen molar-refractivity contribution in [2.75, 3.05) is 49.5 Å². The highest BCUT2D eigenvalue weighted by atomic mass is 16.5. The summed E-state index contributed by atoms with van der Waals surface area (Å²) in [6.07, 6.45) is 0. The zero-order valence-electron chi connectivity index (χ0n) is 11.2. The highest BCUT2D eigenvalue weighted by Gasteiger charge is 2.21. The molecule has 2 N–H and O–H groups in total. The molecule has 0 aliphatic carbocycles. The molecule has 0 atom stereocenters. The lowest BCUT2D eigenvalue weighted by molar-refractivity contribution is 0.321. The number of benzene rings is 1. The minimum absolute atomic E-state index is 0.764. The Morgan fingerprint density at radius 3 is 2.72 bits per heavy atom. The first-order valence-corrected chi connectivity index (χ1v) is 6.74. The molecule has 18 heavy (non-hydrogen) atoms. The Labute approximate surface area is 108 Å². The van der Waals surface area contributed by atoms with Gasteiger partial charge in [-0.3, -0.25) is 0 Å². The number of rotatable bonds is 1. The number of anilines is 2. The third-order valence-corrected chi connectivity index (χ3v) is 3.81. The maximum atomic E-state index is 5.78. The molecule has 0 amide bonds. The van der Waals surface area contributed by atoms with E-state index in [-0.39, 0.29) is 0 Å². The first kappa shape index (κ1) is 11.7. The minimum atomic E-state index is 0.764. The Balaban J connectivity index is 2.01. The molecule has 2 heterocycles. The molecule has 4 nitrogen and oxygen atoms in total. The molecule has 4 heteroatoms. The lowest BCUT2D eigenvalue weighted by Gasteiger charge is -2.33. The van der Waals surface area contributed by atoms with Crippen molar-refractivity contribution in [2.24, 2.45) is 0 Å². The number of hydrogen-bond acceptors (Lipinski definition) is 4. The van der Waals surface area contributed by atoms with Crippen molar-refractivity contribution in [3.8, 4) is 5.75 Å². The van der Waals surface area contributed by atoms with Crippen LogP contribution in [-0.2, 0) is 0 Å². The Morgan fingerprint density at radius 2 is 1.94 bits per heavy atom. The summed E-state index contributed by atoms with van der Waals surface area (Å²) in [5.41, 5.74) is 5.09. The number of nitrogens with one attached hydrogen (secondary N) is 2. The highest BCUT2D eigenvalue weighted by Crippen LogP contribution is 2.39. The molecule has 2 aliphatic rings. The molecule has 0 radical (unpaired) electrons. The standard InChI is InChI=1S/C14H21N3O/c1-10-9-12(17-6-3-15-4-7-17)11(2)13-14(10)18-8-5-16-13/h9,15-16H,3-8H2,1-2H3. The second-order valence-electron chi connectivity index (χ2n) is 5.05. The Kier molecular flexibility index (Phi) is 3.04. The number of nitrogens with zero attached hydrogens (tertiary/aromatic N) is 1. The number of fused-ring (bicyclic) bond motifs is 1. The van der Waals surface area contributed by atoms with Crippen LogP contribution in [0.15, 0.2) is 6.07 Å². The van der Waals surface area contributed by atoms with Crippen LogP contribution in [0.5, 0.6) is 5.75 Å². The maximum Gasteiger partial charge on any atom is 0.145 e. The molecule has 1 aromatic rings. The summed E-state index contributed by atoms with van der Waals surface area (Å²) in [6.45, 7) is 10.3. The molecule has 0 unspecified atom stereocenters. The monoisotopic (exact) mass is 247 g/mol. The van der Waals surface area contributed by atoms with Gasteiger partial charge < -0.3 is 20.3 Å². The van der Waals surface area contributed by atoms with Gasteiger partial charge in [0.15, 0.2) is 0 Å². The molecule has 1 aromatic carbocycles. The first-order chi connectivity index (χ1) is 8.77. The van der Waals surface area contributed by atoms with E-state index in [1.54, 1.807) is 0 Å². The second kappa shape index (κ2) is 4.69. The zero-order valence-corrected chi connectivity index (χ0v) is 11.2. The molecule has 3 rings (SSSR count). The van der Waals surface area contributed by atoms with Crippen LogP contribution in [0.4, 0.5) is 11.4 Å². The summed E-state index contributed by atoms with van der Waals surface area (Å²) >= 11 is 0. The van der Waals surface area contributed by atoms with Crippen LogP contribution < -0.4 is 20.3 Å². The van der Waals surface area contributed by atoms with Crippen LogP contribution in [0, 0.1) is 13.8 Å². The quantitative estimate of drug-likeness (QED) is 0.789. The average Bonchev–Trinajstić information content (AvgIpc) is 2.44. The van der Waals surface area contributed by atoms with Gasteiger partial charge in [0.25, 0.3) is 0 Å². The van der Waals surface area contributed by atoms with Gasteiger partial charge >= 0.3 is 0 Å². The van der Waals surface area contributed by atoms with Crippen molar-refractivity contribution in [3.05, 3.63) is 17.2 Å². The number of aryl methyl sites for hydroxylation is 1. The summed E-state index contributed by atoms with van der Waals surface area (Å²) in [5.74, 6) is 1.04. The van der Waals surface area contributed by atoms with E-state index in [9.17, 15) is 0 Å². The second-order valence-corrected chi connectivity index (χ2v) is 5.05. The van der Waals surface area contributed by atoms with Gasteiger partial charge in [-0.05, 0) is 31.0 Å². The van der Waals surface area contributed by atoms with Crippen LogP contribution in [-0.4, -0.2) is 39.3 Å². The first-order valence-electron chi connectivity index (χ1n) is 6.74. The van der Waals surface area contributed by atoms with Crippen molar-refractivity contribution in [2.45, 2.75) is 13.8 Å². The molecular formula is C14H21N3O. The fourth-order valence-electron chi connectivity index (χ4n) is 2.84. The summed E-state index contributed by atoms with van der Waals surface area (Å²) in [5, 5.41) is 6.88. The van der Waals surface area contributed by atoms with Crippen LogP contribution in [0.1, 0.15) is 11.1 Å². The number of hydrogen-bond donors (Lipinski definition) is 2. The van der Waals surface area contributed by atoms with Gasteiger partial charge in [-0.15, -0.1) is 0 Å². The zero-order chi connectivity index (χ0) is 12.5. The van der Waals surface area contributed by atoms with E-state index in [1.807, 2.05) is 0 Å². The highest BCUT2D eigenvalue weighted by molar-refractivity contribution is 5.75. The molecule has 0 spiro atoms. The smallest absolute Gasteiger partial charge is 0.145 e. The van der Waals surface area contributed by atoms with E-state index in [2.05, 4.69) is 35.4 Å². The third kappa shape index (κ3) is 1.90. The van der Waals surface area contributed by atoms with E-state index in [4.69, 9.17) is 4.74 Å². The van der Waals surface area contributed by atoms with Gasteiger partial charge in [-0.25, -0.2) is 0 Å². The van der Waals surface area contributed by atoms with Gasteiger partial charge in [0.05, 0.1) is 5.69 Å². The van der Waals surface area contributed by atoms with E-state index in [0.29, 0.717) is 0 Å². The van der Waals surface area contributed by atoms with Crippen molar-refractivity contribution < 1.29 is 4.74 Å². The summed E-state index contributed by atoms with van der Waals surface area (Å²) in [7, 11) is 0. The molecule has 0 saturated carbocycles. The SMILES string of the molecule is Cc1cc(N2CCNCC2)c(C)c2c1OCCN2. The molecule has 1 fully saturated rings. The van der Waals surface area contributed by atoms with Gasteiger partial charge in [-0.2, -0.15) is 0 Å². The number of ether oxygens (including phenoxy) is 1. The minimum Gasteiger partial charge on any atom is -0.489 e. The van der Waals surface area contributed by atoms with Crippen LogP contribution in [0.3, 0.4) is 0 Å². The lowest BCUT2D eigenvalue weighted by Crippen LogP contribution is -2.44. The topological polar surface area (TPSA) is 36.5 Å². The largest absolute Gasteiger partial charge is 0.489 e. The van der Waals surface area contributed by atoms with Crippen molar-refractivity contribution in [3.63, 3.8) is 0 Å². The molecule has 98 valence electrons. The van der Waals surface area contributed by atoms with Gasteiger partial charge in [0.1, 0.15) is 12.4 Å². The molecule has 1 saturated heterocycles. The van der Waals surface area contributed by atoms with Crippen LogP contribution in [0.25, 0.3) is 0 Å². The Morgan fingerprint density at radius 1 is 1.17 bits per heavy atom. The molecular weight excluding hydrogens is 226 g/mol. The normalized spacial score (nSPS) is 18.9. The van der Waals surface area contributed by atoms with Gasteiger partial charge in [0, 0.05) is 38.4 Å².